The zero-order valence-electron chi connectivity index (χ0n) is 15.5. The first kappa shape index (κ1) is 21.1. The predicted molar refractivity (Wildman–Crippen MR) is 110 cm³/mol. The highest BCUT2D eigenvalue weighted by atomic mass is 35.5. The number of hydrogen-bond acceptors (Lipinski definition) is 6. The second-order valence-corrected chi connectivity index (χ2v) is 7.55. The fraction of sp³-hybridized carbons (Fsp3) is 0.105. The van der Waals surface area contributed by atoms with Crippen molar-refractivity contribution in [3.05, 3.63) is 87.8 Å². The van der Waals surface area contributed by atoms with Crippen LogP contribution in [0.2, 0.25) is 5.02 Å². The number of thioether (sulfide) groups is 1. The van der Waals surface area contributed by atoms with Gasteiger partial charge in [-0.25, -0.2) is 0 Å². The van der Waals surface area contributed by atoms with Gasteiger partial charge in [-0.15, -0.1) is 10.2 Å². The third kappa shape index (κ3) is 4.62. The number of benzene rings is 1. The van der Waals surface area contributed by atoms with Gasteiger partial charge in [0.2, 0.25) is 11.0 Å². The van der Waals surface area contributed by atoms with Gasteiger partial charge in [0.15, 0.2) is 0 Å². The summed E-state index contributed by atoms with van der Waals surface area (Å²) in [6.07, 6.45) is 0.162. The Hall–Kier alpha value is -3.18. The number of rotatable bonds is 6. The maximum absolute atomic E-state index is 13.1. The molecule has 0 aliphatic carbocycles. The van der Waals surface area contributed by atoms with Crippen molar-refractivity contribution in [2.24, 2.45) is 0 Å². The lowest BCUT2D eigenvalue weighted by Gasteiger charge is -2.14. The van der Waals surface area contributed by atoms with E-state index in [4.69, 9.17) is 16.0 Å². The summed E-state index contributed by atoms with van der Waals surface area (Å²) in [5.74, 6) is 0.842. The van der Waals surface area contributed by atoms with Crippen LogP contribution in [0.3, 0.4) is 0 Å². The number of aromatic nitrogens is 4. The lowest BCUT2D eigenvalue weighted by molar-refractivity contribution is -0.137. The molecule has 0 unspecified atom stereocenters. The average Bonchev–Trinajstić information content (AvgIpc) is 3.42. The molecule has 1 aromatic carbocycles. The topological polar surface area (TPSA) is 77.9 Å². The van der Waals surface area contributed by atoms with Crippen LogP contribution in [0.4, 0.5) is 24.7 Å². The Balaban J connectivity index is 1.70. The second kappa shape index (κ2) is 8.52. The van der Waals surface area contributed by atoms with Crippen molar-refractivity contribution >= 4 is 34.9 Å². The zero-order valence-corrected chi connectivity index (χ0v) is 17.1. The summed E-state index contributed by atoms with van der Waals surface area (Å²) in [5.41, 5.74) is -1.63. The Morgan fingerprint density at radius 2 is 1.90 bits per heavy atom. The Labute approximate surface area is 182 Å². The maximum atomic E-state index is 13.1. The van der Waals surface area contributed by atoms with Crippen molar-refractivity contribution in [3.63, 3.8) is 0 Å². The molecule has 0 radical (unpaired) electrons. The summed E-state index contributed by atoms with van der Waals surface area (Å²) in [5, 5.41) is 10.4. The molecule has 0 amide bonds. The monoisotopic (exact) mass is 467 g/mol. The smallest absolute Gasteiger partial charge is 0.417 e. The van der Waals surface area contributed by atoms with E-state index in [2.05, 4.69) is 15.5 Å². The van der Waals surface area contributed by atoms with Gasteiger partial charge in [-0.05, 0) is 42.5 Å². The van der Waals surface area contributed by atoms with Crippen molar-refractivity contribution in [3.8, 4) is 0 Å². The van der Waals surface area contributed by atoms with E-state index in [9.17, 15) is 18.0 Å². The molecule has 0 spiro atoms. The summed E-state index contributed by atoms with van der Waals surface area (Å²) >= 11 is 6.87. The van der Waals surface area contributed by atoms with Gasteiger partial charge in [-0.3, -0.25) is 9.47 Å². The fourth-order valence-electron chi connectivity index (χ4n) is 2.68. The molecule has 1 N–H and O–H groups in total. The van der Waals surface area contributed by atoms with Gasteiger partial charge in [-0.1, -0.05) is 23.4 Å². The summed E-state index contributed by atoms with van der Waals surface area (Å²) < 4.78 is 47.4. The summed E-state index contributed by atoms with van der Waals surface area (Å²) in [6.45, 7) is 0. The molecule has 3 heterocycles. The first-order chi connectivity index (χ1) is 14.8. The SMILES string of the molecule is O=c1c(Nc2ccc(Cl)c(C(F)(F)F)c2)nnc(SCc2ccco2)n1-n1cccc1. The highest BCUT2D eigenvalue weighted by molar-refractivity contribution is 7.98. The molecule has 0 aliphatic heterocycles. The van der Waals surface area contributed by atoms with E-state index in [1.54, 1.807) is 36.7 Å². The molecule has 4 rings (SSSR count). The molecule has 31 heavy (non-hydrogen) atoms. The van der Waals surface area contributed by atoms with E-state index < -0.39 is 22.3 Å². The summed E-state index contributed by atoms with van der Waals surface area (Å²) in [4.78, 5) is 13.1. The number of anilines is 2. The van der Waals surface area contributed by atoms with Gasteiger partial charge in [0.05, 0.1) is 22.6 Å². The molecule has 160 valence electrons. The highest BCUT2D eigenvalue weighted by Gasteiger charge is 2.33. The van der Waals surface area contributed by atoms with Crippen molar-refractivity contribution in [2.45, 2.75) is 17.1 Å². The minimum absolute atomic E-state index is 0.00169. The number of furan rings is 1. The quantitative estimate of drug-likeness (QED) is 0.400. The Bertz CT molecular complexity index is 1240. The molecular weight excluding hydrogens is 455 g/mol. The maximum Gasteiger partial charge on any atom is 0.417 e. The van der Waals surface area contributed by atoms with Gasteiger partial charge in [0, 0.05) is 18.1 Å². The van der Waals surface area contributed by atoms with Gasteiger partial charge < -0.3 is 9.73 Å². The molecule has 0 saturated heterocycles. The standard InChI is InChI=1S/C19H13ClF3N5O2S/c20-15-6-5-12(10-14(15)19(21,22)23)24-16-17(29)28(27-7-1-2-8-27)18(26-25-16)31-11-13-4-3-9-30-13/h1-10H,11H2,(H,24,25). The van der Waals surface area contributed by atoms with Crippen molar-refractivity contribution in [1.82, 2.24) is 19.5 Å². The first-order valence-corrected chi connectivity index (χ1v) is 10.1. The summed E-state index contributed by atoms with van der Waals surface area (Å²) in [6, 6.07) is 10.2. The molecule has 0 fully saturated rings. The van der Waals surface area contributed by atoms with E-state index >= 15 is 0 Å². The van der Waals surface area contributed by atoms with Crippen LogP contribution in [-0.2, 0) is 11.9 Å². The van der Waals surface area contributed by atoms with Crippen LogP contribution in [0, 0.1) is 0 Å². The lowest BCUT2D eigenvalue weighted by Crippen LogP contribution is -2.30. The Morgan fingerprint density at radius 3 is 2.58 bits per heavy atom. The van der Waals surface area contributed by atoms with Gasteiger partial charge in [0.1, 0.15) is 5.76 Å². The van der Waals surface area contributed by atoms with Crippen molar-refractivity contribution in [1.29, 1.82) is 0 Å². The third-order valence-corrected chi connectivity index (χ3v) is 5.36. The van der Waals surface area contributed by atoms with Crippen LogP contribution in [0.15, 0.2) is 75.5 Å². The van der Waals surface area contributed by atoms with Crippen LogP contribution in [0.5, 0.6) is 0 Å². The van der Waals surface area contributed by atoms with Gasteiger partial charge >= 0.3 is 11.7 Å². The Morgan fingerprint density at radius 1 is 1.13 bits per heavy atom. The first-order valence-electron chi connectivity index (χ1n) is 8.75. The zero-order chi connectivity index (χ0) is 22.0. The molecule has 0 saturated carbocycles. The van der Waals surface area contributed by atoms with Crippen molar-refractivity contribution < 1.29 is 17.6 Å². The van der Waals surface area contributed by atoms with Crippen LogP contribution in [-0.4, -0.2) is 19.5 Å². The van der Waals surface area contributed by atoms with Crippen LogP contribution in [0.25, 0.3) is 0 Å². The van der Waals surface area contributed by atoms with Crippen LogP contribution in [0.1, 0.15) is 11.3 Å². The normalized spacial score (nSPS) is 11.6. The Kier molecular flexibility index (Phi) is 5.79. The molecule has 0 atom stereocenters. The molecule has 4 aromatic rings. The van der Waals surface area contributed by atoms with Gasteiger partial charge in [-0.2, -0.15) is 17.8 Å². The van der Waals surface area contributed by atoms with E-state index in [0.717, 1.165) is 12.1 Å². The number of halogens is 4. The summed E-state index contributed by atoms with van der Waals surface area (Å²) in [7, 11) is 0. The highest BCUT2D eigenvalue weighted by Crippen LogP contribution is 2.36. The molecule has 0 aliphatic rings. The average molecular weight is 468 g/mol. The van der Waals surface area contributed by atoms with E-state index in [1.807, 2.05) is 0 Å². The molecule has 12 heteroatoms. The molecule has 3 aromatic heterocycles. The third-order valence-electron chi connectivity index (χ3n) is 4.09. The van der Waals surface area contributed by atoms with Crippen LogP contribution >= 0.6 is 23.4 Å². The predicted octanol–water partition coefficient (Wildman–Crippen LogP) is 5.05. The van der Waals surface area contributed by atoms with E-state index in [-0.39, 0.29) is 16.7 Å². The molecule has 0 bridgehead atoms. The fourth-order valence-corrected chi connectivity index (χ4v) is 3.74. The number of alkyl halides is 3. The van der Waals surface area contributed by atoms with Gasteiger partial charge in [0.25, 0.3) is 0 Å². The number of hydrogen-bond donors (Lipinski definition) is 1. The lowest BCUT2D eigenvalue weighted by atomic mass is 10.2. The minimum atomic E-state index is -4.64. The van der Waals surface area contributed by atoms with Crippen molar-refractivity contribution in [2.75, 3.05) is 5.32 Å². The number of nitrogens with zero attached hydrogens (tertiary/aromatic N) is 4. The number of nitrogens with one attached hydrogen (secondary N) is 1. The minimum Gasteiger partial charge on any atom is -0.468 e. The van der Waals surface area contributed by atoms with E-state index in [0.29, 0.717) is 11.5 Å². The second-order valence-electron chi connectivity index (χ2n) is 6.20. The molecular formula is C19H13ClF3N5O2S. The van der Waals surface area contributed by atoms with E-state index in [1.165, 1.54) is 33.4 Å². The largest absolute Gasteiger partial charge is 0.468 e. The van der Waals surface area contributed by atoms with Crippen LogP contribution < -0.4 is 10.9 Å². The molecule has 7 nitrogen and oxygen atoms in total.